The lowest BCUT2D eigenvalue weighted by atomic mass is 10.0. The number of hydrogen-bond donors (Lipinski definition) is 0. The van der Waals surface area contributed by atoms with Gasteiger partial charge in [0, 0.05) is 30.3 Å². The van der Waals surface area contributed by atoms with Crippen molar-refractivity contribution in [3.8, 4) is 11.5 Å². The van der Waals surface area contributed by atoms with Crippen molar-refractivity contribution in [2.45, 2.75) is 38.1 Å². The molecule has 8 heteroatoms. The van der Waals surface area contributed by atoms with Crippen LogP contribution in [0.3, 0.4) is 0 Å². The van der Waals surface area contributed by atoms with E-state index in [1.165, 1.54) is 7.11 Å². The first-order chi connectivity index (χ1) is 11.7. The Kier molecular flexibility index (Phi) is 5.24. The molecule has 1 fully saturated rings. The number of amides is 1. The van der Waals surface area contributed by atoms with Crippen LogP contribution in [0.4, 0.5) is 0 Å². The Labute approximate surface area is 143 Å². The second-order valence-corrected chi connectivity index (χ2v) is 6.41. The summed E-state index contributed by atoms with van der Waals surface area (Å²) in [6.45, 7) is 0.586. The summed E-state index contributed by atoms with van der Waals surface area (Å²) in [6, 6.07) is 1.43. The maximum absolute atomic E-state index is 12.5. The average molecular weight is 349 g/mol. The van der Waals surface area contributed by atoms with Crippen LogP contribution in [0.15, 0.2) is 21.2 Å². The quantitative estimate of drug-likeness (QED) is 0.770. The number of ether oxygens (including phenoxy) is 1. The van der Waals surface area contributed by atoms with Crippen molar-refractivity contribution in [3.63, 3.8) is 0 Å². The Morgan fingerprint density at radius 3 is 3.04 bits per heavy atom. The average Bonchev–Trinajstić information content (AvgIpc) is 3.30. The summed E-state index contributed by atoms with van der Waals surface area (Å²) in [7, 11) is 1.35. The molecule has 0 N–H and O–H groups in total. The van der Waals surface area contributed by atoms with Crippen LogP contribution in [0, 0.1) is 0 Å². The highest BCUT2D eigenvalue weighted by atomic mass is 32.1. The zero-order valence-electron chi connectivity index (χ0n) is 13.4. The molecule has 3 heterocycles. The normalized spacial score (nSPS) is 17.7. The van der Waals surface area contributed by atoms with E-state index in [1.807, 2.05) is 16.8 Å². The number of aromatic nitrogens is 2. The van der Waals surface area contributed by atoms with E-state index < -0.39 is 6.04 Å². The molecular weight excluding hydrogens is 330 g/mol. The zero-order chi connectivity index (χ0) is 16.9. The Balaban J connectivity index is 1.59. The van der Waals surface area contributed by atoms with Crippen LogP contribution in [0.1, 0.15) is 31.6 Å². The molecule has 2 aromatic heterocycles. The standard InChI is InChI=1S/C16H19N3O4S/c1-22-16(21)12-4-2-3-8-19(12)14(20)6-5-13-17-18-15(23-13)11-7-9-24-10-11/h7,9-10,12H,2-6,8H2,1H3. The van der Waals surface area contributed by atoms with E-state index in [0.29, 0.717) is 31.2 Å². The summed E-state index contributed by atoms with van der Waals surface area (Å²) in [5.41, 5.74) is 0.881. The lowest BCUT2D eigenvalue weighted by Gasteiger charge is -2.33. The Morgan fingerprint density at radius 2 is 2.29 bits per heavy atom. The van der Waals surface area contributed by atoms with Crippen LogP contribution < -0.4 is 0 Å². The van der Waals surface area contributed by atoms with E-state index in [4.69, 9.17) is 9.15 Å². The fourth-order valence-corrected chi connectivity index (χ4v) is 3.46. The van der Waals surface area contributed by atoms with E-state index in [1.54, 1.807) is 16.2 Å². The number of carbonyl (C=O) groups excluding carboxylic acids is 2. The molecule has 0 aromatic carbocycles. The number of likely N-dealkylation sites (tertiary alicyclic amines) is 1. The predicted octanol–water partition coefficient (Wildman–Crippen LogP) is 2.28. The molecule has 0 aliphatic carbocycles. The van der Waals surface area contributed by atoms with Crippen molar-refractivity contribution >= 4 is 23.2 Å². The van der Waals surface area contributed by atoms with Crippen molar-refractivity contribution in [2.24, 2.45) is 0 Å². The first-order valence-corrected chi connectivity index (χ1v) is 8.85. The number of nitrogens with zero attached hydrogens (tertiary/aromatic N) is 3. The van der Waals surface area contributed by atoms with Crippen LogP contribution in [0.2, 0.25) is 0 Å². The van der Waals surface area contributed by atoms with Crippen molar-refractivity contribution in [1.82, 2.24) is 15.1 Å². The zero-order valence-corrected chi connectivity index (χ0v) is 14.3. The SMILES string of the molecule is COC(=O)C1CCCCN1C(=O)CCc1nnc(-c2ccsc2)o1. The molecule has 0 bridgehead atoms. The van der Waals surface area contributed by atoms with Crippen LogP contribution >= 0.6 is 11.3 Å². The minimum absolute atomic E-state index is 0.0830. The van der Waals surface area contributed by atoms with Gasteiger partial charge in [0.25, 0.3) is 0 Å². The summed E-state index contributed by atoms with van der Waals surface area (Å²) < 4.78 is 10.4. The largest absolute Gasteiger partial charge is 0.467 e. The minimum atomic E-state index is -0.472. The molecule has 1 atom stereocenters. The number of methoxy groups -OCH3 is 1. The van der Waals surface area contributed by atoms with E-state index in [9.17, 15) is 9.59 Å². The van der Waals surface area contributed by atoms with E-state index in [2.05, 4.69) is 10.2 Å². The molecule has 0 spiro atoms. The second kappa shape index (κ2) is 7.57. The molecule has 1 aliphatic heterocycles. The third-order valence-corrected chi connectivity index (χ3v) is 4.77. The van der Waals surface area contributed by atoms with Gasteiger partial charge in [0.15, 0.2) is 0 Å². The van der Waals surface area contributed by atoms with Crippen molar-refractivity contribution < 1.29 is 18.7 Å². The first-order valence-electron chi connectivity index (χ1n) is 7.91. The summed E-state index contributed by atoms with van der Waals surface area (Å²) in [5, 5.41) is 11.8. The van der Waals surface area contributed by atoms with Crippen LogP contribution in [-0.4, -0.2) is 46.7 Å². The Bertz CT molecular complexity index is 698. The van der Waals surface area contributed by atoms with Gasteiger partial charge in [-0.3, -0.25) is 4.79 Å². The smallest absolute Gasteiger partial charge is 0.328 e. The van der Waals surface area contributed by atoms with E-state index >= 15 is 0 Å². The van der Waals surface area contributed by atoms with E-state index in [0.717, 1.165) is 18.4 Å². The number of hydrogen-bond acceptors (Lipinski definition) is 7. The van der Waals surface area contributed by atoms with Gasteiger partial charge in [0.2, 0.25) is 17.7 Å². The number of esters is 1. The molecule has 0 radical (unpaired) electrons. The maximum Gasteiger partial charge on any atom is 0.328 e. The van der Waals surface area contributed by atoms with Gasteiger partial charge in [-0.05, 0) is 30.7 Å². The van der Waals surface area contributed by atoms with Crippen molar-refractivity contribution in [1.29, 1.82) is 0 Å². The Morgan fingerprint density at radius 1 is 1.42 bits per heavy atom. The van der Waals surface area contributed by atoms with Crippen LogP contribution in [0.25, 0.3) is 11.5 Å². The summed E-state index contributed by atoms with van der Waals surface area (Å²) in [4.78, 5) is 25.9. The Hall–Kier alpha value is -2.22. The molecule has 0 saturated carbocycles. The van der Waals surface area contributed by atoms with Crippen molar-refractivity contribution in [2.75, 3.05) is 13.7 Å². The molecule has 2 aromatic rings. The number of rotatable bonds is 5. The summed E-state index contributed by atoms with van der Waals surface area (Å²) in [5.74, 6) is 0.459. The van der Waals surface area contributed by atoms with Gasteiger partial charge >= 0.3 is 5.97 Å². The van der Waals surface area contributed by atoms with Gasteiger partial charge < -0.3 is 14.1 Å². The van der Waals surface area contributed by atoms with Crippen LogP contribution in [-0.2, 0) is 20.7 Å². The number of thiophene rings is 1. The topological polar surface area (TPSA) is 85.5 Å². The molecule has 1 unspecified atom stereocenters. The third kappa shape index (κ3) is 3.64. The van der Waals surface area contributed by atoms with Crippen molar-refractivity contribution in [3.05, 3.63) is 22.7 Å². The van der Waals surface area contributed by atoms with Gasteiger partial charge in [-0.1, -0.05) is 0 Å². The van der Waals surface area contributed by atoms with Crippen LogP contribution in [0.5, 0.6) is 0 Å². The monoisotopic (exact) mass is 349 g/mol. The second-order valence-electron chi connectivity index (χ2n) is 5.63. The highest BCUT2D eigenvalue weighted by Crippen LogP contribution is 2.22. The molecular formula is C16H19N3O4S. The maximum atomic E-state index is 12.5. The van der Waals surface area contributed by atoms with Gasteiger partial charge in [-0.15, -0.1) is 10.2 Å². The lowest BCUT2D eigenvalue weighted by Crippen LogP contribution is -2.48. The molecule has 1 saturated heterocycles. The van der Waals surface area contributed by atoms with Gasteiger partial charge in [-0.2, -0.15) is 11.3 Å². The van der Waals surface area contributed by atoms with E-state index in [-0.39, 0.29) is 18.3 Å². The van der Waals surface area contributed by atoms with Gasteiger partial charge in [0.1, 0.15) is 6.04 Å². The number of piperidine rings is 1. The van der Waals surface area contributed by atoms with Gasteiger partial charge in [0.05, 0.1) is 7.11 Å². The number of aryl methyl sites for hydroxylation is 1. The first kappa shape index (κ1) is 16.6. The lowest BCUT2D eigenvalue weighted by molar-refractivity contribution is -0.154. The molecule has 3 rings (SSSR count). The highest BCUT2D eigenvalue weighted by Gasteiger charge is 2.32. The summed E-state index contributed by atoms with van der Waals surface area (Å²) >= 11 is 1.55. The molecule has 128 valence electrons. The number of carbonyl (C=O) groups is 2. The fraction of sp³-hybridized carbons (Fsp3) is 0.500. The molecule has 1 aliphatic rings. The predicted molar refractivity (Wildman–Crippen MR) is 87.3 cm³/mol. The molecule has 7 nitrogen and oxygen atoms in total. The minimum Gasteiger partial charge on any atom is -0.467 e. The fourth-order valence-electron chi connectivity index (χ4n) is 2.83. The molecule has 1 amide bonds. The highest BCUT2D eigenvalue weighted by molar-refractivity contribution is 7.08. The summed E-state index contributed by atoms with van der Waals surface area (Å²) in [6.07, 6.45) is 3.08. The molecule has 24 heavy (non-hydrogen) atoms. The third-order valence-electron chi connectivity index (χ3n) is 4.08. The van der Waals surface area contributed by atoms with Gasteiger partial charge in [-0.25, -0.2) is 4.79 Å².